The summed E-state index contributed by atoms with van der Waals surface area (Å²) >= 11 is 5.50. The molecule has 1 N–H and O–H groups in total. The van der Waals surface area contributed by atoms with Gasteiger partial charge in [-0.2, -0.15) is 13.2 Å². The summed E-state index contributed by atoms with van der Waals surface area (Å²) in [5.41, 5.74) is -0.514. The van der Waals surface area contributed by atoms with Crippen molar-refractivity contribution in [2.45, 2.75) is 12.8 Å². The Morgan fingerprint density at radius 1 is 1.33 bits per heavy atom. The lowest BCUT2D eigenvalue weighted by Gasteiger charge is -2.10. The summed E-state index contributed by atoms with van der Waals surface area (Å²) in [5, 5.41) is 15.6. The van der Waals surface area contributed by atoms with Crippen LogP contribution in [0.3, 0.4) is 0 Å². The molecule has 0 spiro atoms. The first-order valence-corrected chi connectivity index (χ1v) is 5.19. The van der Waals surface area contributed by atoms with E-state index >= 15 is 0 Å². The summed E-state index contributed by atoms with van der Waals surface area (Å²) in [7, 11) is 0. The number of aliphatic hydroxyl groups excluding tert-OH is 1. The van der Waals surface area contributed by atoms with E-state index in [1.807, 2.05) is 0 Å². The van der Waals surface area contributed by atoms with Crippen molar-refractivity contribution in [3.8, 4) is 5.69 Å². The first-order valence-electron chi connectivity index (χ1n) is 4.81. The highest BCUT2D eigenvalue weighted by Gasteiger charge is 2.33. The van der Waals surface area contributed by atoms with Gasteiger partial charge in [0.15, 0.2) is 0 Å². The zero-order chi connectivity index (χ0) is 13.3. The van der Waals surface area contributed by atoms with Gasteiger partial charge in [-0.3, -0.25) is 0 Å². The van der Waals surface area contributed by atoms with Crippen LogP contribution in [0.15, 0.2) is 24.4 Å². The van der Waals surface area contributed by atoms with Crippen molar-refractivity contribution in [2.24, 2.45) is 0 Å². The van der Waals surface area contributed by atoms with E-state index in [1.54, 1.807) is 0 Å². The first-order chi connectivity index (χ1) is 8.41. The third-order valence-corrected chi connectivity index (χ3v) is 2.55. The zero-order valence-corrected chi connectivity index (χ0v) is 9.57. The van der Waals surface area contributed by atoms with Crippen LogP contribution < -0.4 is 0 Å². The average molecular weight is 278 g/mol. The lowest BCUT2D eigenvalue weighted by atomic mass is 10.2. The van der Waals surface area contributed by atoms with Crippen LogP contribution in [0.25, 0.3) is 5.69 Å². The van der Waals surface area contributed by atoms with Crippen LogP contribution >= 0.6 is 11.6 Å². The molecule has 1 heterocycles. The number of aromatic nitrogens is 3. The minimum atomic E-state index is -4.53. The van der Waals surface area contributed by atoms with Crippen molar-refractivity contribution in [1.82, 2.24) is 15.0 Å². The molecule has 0 saturated heterocycles. The smallest absolute Gasteiger partial charge is 0.390 e. The van der Waals surface area contributed by atoms with Gasteiger partial charge in [0.2, 0.25) is 0 Å². The molecule has 2 aromatic rings. The molecular formula is C10H7ClF3N3O. The Labute approximate surface area is 105 Å². The molecular weight excluding hydrogens is 271 g/mol. The molecule has 0 aliphatic rings. The summed E-state index contributed by atoms with van der Waals surface area (Å²) in [5.74, 6) is 0. The van der Waals surface area contributed by atoms with Crippen LogP contribution in [0, 0.1) is 0 Å². The second-order valence-corrected chi connectivity index (χ2v) is 3.88. The highest BCUT2D eigenvalue weighted by molar-refractivity contribution is 6.31. The maximum absolute atomic E-state index is 12.6. The van der Waals surface area contributed by atoms with Crippen molar-refractivity contribution in [2.75, 3.05) is 0 Å². The van der Waals surface area contributed by atoms with E-state index in [0.717, 1.165) is 16.8 Å². The fourth-order valence-corrected chi connectivity index (χ4v) is 1.59. The molecule has 96 valence electrons. The summed E-state index contributed by atoms with van der Waals surface area (Å²) in [6, 6.07) is 3.39. The van der Waals surface area contributed by atoms with Crippen molar-refractivity contribution >= 4 is 11.6 Å². The van der Waals surface area contributed by atoms with E-state index in [-0.39, 0.29) is 23.0 Å². The van der Waals surface area contributed by atoms with Crippen LogP contribution in [0.4, 0.5) is 13.2 Å². The van der Waals surface area contributed by atoms with Gasteiger partial charge in [-0.1, -0.05) is 16.8 Å². The predicted molar refractivity (Wildman–Crippen MR) is 57.3 cm³/mol. The van der Waals surface area contributed by atoms with Crippen LogP contribution in [0.1, 0.15) is 11.3 Å². The van der Waals surface area contributed by atoms with Crippen LogP contribution in [0.5, 0.6) is 0 Å². The van der Waals surface area contributed by atoms with Crippen molar-refractivity contribution in [1.29, 1.82) is 0 Å². The molecule has 0 aliphatic heterocycles. The lowest BCUT2D eigenvalue weighted by molar-refractivity contribution is -0.137. The van der Waals surface area contributed by atoms with Gasteiger partial charge < -0.3 is 5.11 Å². The lowest BCUT2D eigenvalue weighted by Crippen LogP contribution is -2.07. The Hall–Kier alpha value is -1.60. The SMILES string of the molecule is OCc1cn(-c2ccc(Cl)c(C(F)(F)F)c2)nn1. The standard InChI is InChI=1S/C10H7ClF3N3O/c11-9-2-1-7(3-8(9)10(12,13)14)17-4-6(5-18)15-16-17/h1-4,18H,5H2. The minimum Gasteiger partial charge on any atom is -0.390 e. The quantitative estimate of drug-likeness (QED) is 0.917. The number of alkyl halides is 3. The number of rotatable bonds is 2. The Balaban J connectivity index is 2.47. The molecule has 0 saturated carbocycles. The van der Waals surface area contributed by atoms with Crippen LogP contribution in [-0.4, -0.2) is 20.1 Å². The van der Waals surface area contributed by atoms with Gasteiger partial charge >= 0.3 is 6.18 Å². The number of hydrogen-bond donors (Lipinski definition) is 1. The van der Waals surface area contributed by atoms with E-state index in [4.69, 9.17) is 16.7 Å². The Morgan fingerprint density at radius 3 is 2.61 bits per heavy atom. The van der Waals surface area contributed by atoms with E-state index in [1.165, 1.54) is 12.3 Å². The summed E-state index contributed by atoms with van der Waals surface area (Å²) in [6.45, 7) is -0.334. The van der Waals surface area contributed by atoms with Crippen molar-refractivity contribution in [3.05, 3.63) is 40.7 Å². The number of benzene rings is 1. The second-order valence-electron chi connectivity index (χ2n) is 3.47. The fraction of sp³-hybridized carbons (Fsp3) is 0.200. The van der Waals surface area contributed by atoms with E-state index in [2.05, 4.69) is 10.3 Å². The van der Waals surface area contributed by atoms with E-state index in [0.29, 0.717) is 0 Å². The third-order valence-electron chi connectivity index (χ3n) is 2.22. The van der Waals surface area contributed by atoms with Gasteiger partial charge in [-0.25, -0.2) is 4.68 Å². The summed E-state index contributed by atoms with van der Waals surface area (Å²) < 4.78 is 39.1. The van der Waals surface area contributed by atoms with Gasteiger partial charge in [0, 0.05) is 0 Å². The molecule has 4 nitrogen and oxygen atoms in total. The molecule has 1 aromatic heterocycles. The number of aliphatic hydroxyl groups is 1. The van der Waals surface area contributed by atoms with Gasteiger partial charge in [-0.15, -0.1) is 5.10 Å². The highest BCUT2D eigenvalue weighted by atomic mass is 35.5. The Bertz CT molecular complexity index is 568. The summed E-state index contributed by atoms with van der Waals surface area (Å²) in [4.78, 5) is 0. The molecule has 2 rings (SSSR count). The molecule has 0 fully saturated rings. The highest BCUT2D eigenvalue weighted by Crippen LogP contribution is 2.35. The van der Waals surface area contributed by atoms with E-state index in [9.17, 15) is 13.2 Å². The maximum Gasteiger partial charge on any atom is 0.417 e. The largest absolute Gasteiger partial charge is 0.417 e. The van der Waals surface area contributed by atoms with Gasteiger partial charge in [0.05, 0.1) is 29.1 Å². The van der Waals surface area contributed by atoms with Gasteiger partial charge in [0.25, 0.3) is 0 Å². The molecule has 1 aromatic carbocycles. The first kappa shape index (κ1) is 12.8. The van der Waals surface area contributed by atoms with Crippen LogP contribution in [0.2, 0.25) is 5.02 Å². The number of halogens is 4. The van der Waals surface area contributed by atoms with Crippen molar-refractivity contribution in [3.63, 3.8) is 0 Å². The molecule has 0 radical (unpaired) electrons. The van der Waals surface area contributed by atoms with Gasteiger partial charge in [-0.05, 0) is 18.2 Å². The van der Waals surface area contributed by atoms with Crippen LogP contribution in [-0.2, 0) is 12.8 Å². The molecule has 0 unspecified atom stereocenters. The number of hydrogen-bond acceptors (Lipinski definition) is 3. The summed E-state index contributed by atoms with van der Waals surface area (Å²) in [6.07, 6.45) is -3.20. The average Bonchev–Trinajstić information content (AvgIpc) is 2.76. The maximum atomic E-state index is 12.6. The Morgan fingerprint density at radius 2 is 2.06 bits per heavy atom. The minimum absolute atomic E-state index is 0.166. The molecule has 8 heteroatoms. The van der Waals surface area contributed by atoms with E-state index < -0.39 is 11.7 Å². The van der Waals surface area contributed by atoms with Gasteiger partial charge in [0.1, 0.15) is 5.69 Å². The predicted octanol–water partition coefficient (Wildman–Crippen LogP) is 2.43. The molecule has 18 heavy (non-hydrogen) atoms. The zero-order valence-electron chi connectivity index (χ0n) is 8.82. The van der Waals surface area contributed by atoms with Crippen molar-refractivity contribution < 1.29 is 18.3 Å². The normalized spacial score (nSPS) is 11.8. The molecule has 0 bridgehead atoms. The third kappa shape index (κ3) is 2.46. The second kappa shape index (κ2) is 4.58. The topological polar surface area (TPSA) is 50.9 Å². The molecule has 0 aliphatic carbocycles. The monoisotopic (exact) mass is 277 g/mol. The molecule has 0 amide bonds. The Kier molecular flexibility index (Phi) is 3.27. The fourth-order valence-electron chi connectivity index (χ4n) is 1.37. The number of nitrogens with zero attached hydrogens (tertiary/aromatic N) is 3. The molecule has 0 atom stereocenters.